The van der Waals surface area contributed by atoms with Crippen LogP contribution in [0.2, 0.25) is 0 Å². The Morgan fingerprint density at radius 3 is 1.43 bits per heavy atom. The molecule has 0 aliphatic heterocycles. The zero-order valence-electron chi connectivity index (χ0n) is 13.7. The van der Waals surface area contributed by atoms with E-state index in [2.05, 4.69) is 0 Å². The van der Waals surface area contributed by atoms with Crippen molar-refractivity contribution in [2.24, 2.45) is 39.8 Å². The number of hydrogen-bond donors (Lipinski definition) is 6. The largest absolute Gasteiger partial charge is 0.426 e. The van der Waals surface area contributed by atoms with E-state index >= 15 is 0 Å². The first-order valence-corrected chi connectivity index (χ1v) is 6.50. The normalized spacial score (nSPS) is 15.0. The van der Waals surface area contributed by atoms with E-state index in [9.17, 15) is 4.79 Å². The van der Waals surface area contributed by atoms with E-state index in [1.165, 1.54) is 0 Å². The summed E-state index contributed by atoms with van der Waals surface area (Å²) in [6.45, 7) is 9.91. The highest BCUT2D eigenvalue weighted by Gasteiger charge is 2.58. The Labute approximate surface area is 125 Å². The van der Waals surface area contributed by atoms with Crippen molar-refractivity contribution in [3.05, 3.63) is 0 Å². The maximum absolute atomic E-state index is 11.9. The van der Waals surface area contributed by atoms with Crippen LogP contribution in [0.3, 0.4) is 0 Å². The van der Waals surface area contributed by atoms with Gasteiger partial charge in [-0.3, -0.25) is 27.7 Å². The summed E-state index contributed by atoms with van der Waals surface area (Å²) in [6.07, 6.45) is 0. The third kappa shape index (κ3) is 4.85. The Morgan fingerprint density at radius 2 is 1.14 bits per heavy atom. The third-order valence-electron chi connectivity index (χ3n) is 2.64. The van der Waals surface area contributed by atoms with Gasteiger partial charge in [0.1, 0.15) is 0 Å². The molecule has 0 aromatic heterocycles. The Morgan fingerprint density at radius 1 is 0.762 bits per heavy atom. The second-order valence-corrected chi connectivity index (χ2v) is 7.31. The lowest BCUT2D eigenvalue weighted by Gasteiger charge is -2.49. The molecule has 0 atom stereocenters. The number of esters is 1. The summed E-state index contributed by atoms with van der Waals surface area (Å²) >= 11 is 0. The quantitative estimate of drug-likeness (QED) is 0.255. The molecule has 0 aliphatic rings. The van der Waals surface area contributed by atoms with E-state index in [1.54, 1.807) is 41.5 Å². The minimum Gasteiger partial charge on any atom is -0.426 e. The molecule has 0 rings (SSSR count). The van der Waals surface area contributed by atoms with Crippen LogP contribution in [0, 0.1) is 5.41 Å². The minimum absolute atomic E-state index is 0.709. The molecule has 0 saturated heterocycles. The van der Waals surface area contributed by atoms with E-state index < -0.39 is 34.3 Å². The van der Waals surface area contributed by atoms with Gasteiger partial charge in [0.2, 0.25) is 5.85 Å². The summed E-state index contributed by atoms with van der Waals surface area (Å²) < 4.78 is 10.4. The van der Waals surface area contributed by atoms with Crippen molar-refractivity contribution < 1.29 is 14.3 Å². The number of carbonyl (C=O) groups is 1. The SMILES string of the molecule is CC(C)(C)OC(N)(N)C(N)(N)C(N)(N)OC(=O)C(C)(C)C. The van der Waals surface area contributed by atoms with Gasteiger partial charge in [-0.05, 0) is 41.5 Å². The fourth-order valence-corrected chi connectivity index (χ4v) is 1.29. The molecule has 0 aliphatic carbocycles. The molecule has 0 aromatic carbocycles. The van der Waals surface area contributed by atoms with E-state index in [0.717, 1.165) is 0 Å². The molecule has 9 nitrogen and oxygen atoms in total. The number of carbonyl (C=O) groups excluding carboxylic acids is 1. The predicted octanol–water partition coefficient (Wildman–Crippen LogP) is -1.85. The lowest BCUT2D eigenvalue weighted by Crippen LogP contribution is -2.91. The molecule has 0 aromatic rings. The van der Waals surface area contributed by atoms with Crippen LogP contribution in [0.4, 0.5) is 0 Å². The summed E-state index contributed by atoms with van der Waals surface area (Å²) in [5.74, 6) is -5.20. The summed E-state index contributed by atoms with van der Waals surface area (Å²) in [6, 6.07) is 0. The minimum atomic E-state index is -2.34. The summed E-state index contributed by atoms with van der Waals surface area (Å²) in [4.78, 5) is 11.9. The molecule has 0 bridgehead atoms. The van der Waals surface area contributed by atoms with Gasteiger partial charge in [0.05, 0.1) is 11.0 Å². The second-order valence-electron chi connectivity index (χ2n) is 7.31. The van der Waals surface area contributed by atoms with Gasteiger partial charge in [-0.1, -0.05) is 0 Å². The summed E-state index contributed by atoms with van der Waals surface area (Å²) in [5, 5.41) is 0. The van der Waals surface area contributed by atoms with Crippen LogP contribution in [-0.2, 0) is 14.3 Å². The topological polar surface area (TPSA) is 192 Å². The van der Waals surface area contributed by atoms with Gasteiger partial charge < -0.3 is 20.9 Å². The number of hydrogen-bond acceptors (Lipinski definition) is 9. The molecule has 12 N–H and O–H groups in total. The number of nitrogens with two attached hydrogens (primary N) is 6. The number of rotatable bonds is 4. The average Bonchev–Trinajstić information content (AvgIpc) is 2.10. The first-order valence-electron chi connectivity index (χ1n) is 6.50. The molecule has 0 fully saturated rings. The van der Waals surface area contributed by atoms with Crippen molar-refractivity contribution in [2.75, 3.05) is 0 Å². The molecule has 0 heterocycles. The van der Waals surface area contributed by atoms with Crippen LogP contribution in [0.25, 0.3) is 0 Å². The zero-order valence-corrected chi connectivity index (χ0v) is 13.7. The van der Waals surface area contributed by atoms with Gasteiger partial charge >= 0.3 is 5.97 Å². The van der Waals surface area contributed by atoms with Gasteiger partial charge in [-0.15, -0.1) is 0 Å². The van der Waals surface area contributed by atoms with Crippen LogP contribution >= 0.6 is 0 Å². The molecule has 0 saturated carbocycles. The first-order chi connectivity index (χ1) is 8.83. The van der Waals surface area contributed by atoms with Crippen LogP contribution in [0.5, 0.6) is 0 Å². The monoisotopic (exact) mass is 306 g/mol. The van der Waals surface area contributed by atoms with Crippen molar-refractivity contribution in [2.45, 2.75) is 64.5 Å². The molecule has 9 heteroatoms. The maximum atomic E-state index is 11.9. The van der Waals surface area contributed by atoms with E-state index in [4.69, 9.17) is 43.9 Å². The smallest absolute Gasteiger partial charge is 0.314 e. The van der Waals surface area contributed by atoms with Crippen molar-refractivity contribution in [1.82, 2.24) is 0 Å². The van der Waals surface area contributed by atoms with Crippen LogP contribution in [0.1, 0.15) is 41.5 Å². The Kier molecular flexibility index (Phi) is 5.22. The highest BCUT2D eigenvalue weighted by molar-refractivity contribution is 5.75. The van der Waals surface area contributed by atoms with E-state index in [0.29, 0.717) is 0 Å². The average molecular weight is 306 g/mol. The first kappa shape index (κ1) is 20.2. The summed E-state index contributed by atoms with van der Waals surface area (Å²) in [5.41, 5.74) is 30.9. The molecule has 0 amide bonds. The van der Waals surface area contributed by atoms with Crippen molar-refractivity contribution >= 4 is 5.97 Å². The van der Waals surface area contributed by atoms with Gasteiger partial charge in [-0.2, -0.15) is 0 Å². The van der Waals surface area contributed by atoms with Crippen molar-refractivity contribution in [3.63, 3.8) is 0 Å². The fraction of sp³-hybridized carbons (Fsp3) is 0.917. The lowest BCUT2D eigenvalue weighted by molar-refractivity contribution is -0.222. The molecule has 0 radical (unpaired) electrons. The van der Waals surface area contributed by atoms with Gasteiger partial charge in [-0.25, -0.2) is 0 Å². The lowest BCUT2D eigenvalue weighted by atomic mass is 9.95. The fourth-order valence-electron chi connectivity index (χ4n) is 1.29. The third-order valence-corrected chi connectivity index (χ3v) is 2.64. The summed E-state index contributed by atoms with van der Waals surface area (Å²) in [7, 11) is 0. The van der Waals surface area contributed by atoms with Gasteiger partial charge in [0.15, 0.2) is 5.66 Å². The van der Waals surface area contributed by atoms with Gasteiger partial charge in [0.25, 0.3) is 5.85 Å². The highest BCUT2D eigenvalue weighted by Crippen LogP contribution is 2.25. The Hall–Kier alpha value is -0.810. The molecular weight excluding hydrogens is 276 g/mol. The van der Waals surface area contributed by atoms with Gasteiger partial charge in [0, 0.05) is 0 Å². The Balaban J connectivity index is 5.42. The van der Waals surface area contributed by atoms with Crippen LogP contribution in [0.15, 0.2) is 0 Å². The molecule has 0 unspecified atom stereocenters. The van der Waals surface area contributed by atoms with Crippen molar-refractivity contribution in [3.8, 4) is 0 Å². The van der Waals surface area contributed by atoms with Crippen LogP contribution < -0.4 is 34.4 Å². The molecule has 0 spiro atoms. The number of ether oxygens (including phenoxy) is 2. The zero-order chi connectivity index (χ0) is 17.5. The Bertz CT molecular complexity index is 393. The van der Waals surface area contributed by atoms with Crippen molar-refractivity contribution in [1.29, 1.82) is 0 Å². The van der Waals surface area contributed by atoms with E-state index in [-0.39, 0.29) is 0 Å². The molecule has 21 heavy (non-hydrogen) atoms. The van der Waals surface area contributed by atoms with E-state index in [1.807, 2.05) is 0 Å². The molecule has 126 valence electrons. The highest BCUT2D eigenvalue weighted by atomic mass is 16.6. The predicted molar refractivity (Wildman–Crippen MR) is 79.7 cm³/mol. The molecular formula is C12H30N6O3. The standard InChI is InChI=1S/C12H30N6O3/c1-8(2,3)7(19)20-11(15,16)10(13,14)12(17,18)21-9(4,5)6/h13-18H2,1-6H3. The van der Waals surface area contributed by atoms with Crippen LogP contribution in [-0.4, -0.2) is 28.9 Å². The maximum Gasteiger partial charge on any atom is 0.314 e. The second kappa shape index (κ2) is 5.43.